The standard InChI is InChI=1S/C28H23N7O4S2/c29-15-21-20(13-12-17-6-2-1-3-7-17)25-22(10-5-11-23(25)36)34(26(21)30)27-32-33-28(41-27)40-16-24(37)31-18-8-4-9-19(14-18)35(38)39/h1-4,6-9,12-14,20H,5,10-11,16,30H2,(H,31,37)/b13-12+. The zero-order valence-corrected chi connectivity index (χ0v) is 23.2. The monoisotopic (exact) mass is 585 g/mol. The summed E-state index contributed by atoms with van der Waals surface area (Å²) >= 11 is 2.33. The van der Waals surface area contributed by atoms with Crippen LogP contribution in [-0.4, -0.2) is 32.6 Å². The van der Waals surface area contributed by atoms with Crippen LogP contribution >= 0.6 is 23.1 Å². The molecule has 1 unspecified atom stereocenters. The number of anilines is 2. The molecular formula is C28H23N7O4S2. The Labute approximate surface area is 243 Å². The molecule has 0 fully saturated rings. The van der Waals surface area contributed by atoms with E-state index in [1.165, 1.54) is 29.5 Å². The van der Waals surface area contributed by atoms with Gasteiger partial charge in [-0.15, -0.1) is 10.2 Å². The predicted molar refractivity (Wildman–Crippen MR) is 157 cm³/mol. The summed E-state index contributed by atoms with van der Waals surface area (Å²) in [7, 11) is 0. The fraction of sp³-hybridized carbons (Fsp3) is 0.179. The molecule has 1 atom stereocenters. The smallest absolute Gasteiger partial charge is 0.271 e. The number of nitro groups is 1. The van der Waals surface area contributed by atoms with E-state index in [0.29, 0.717) is 45.7 Å². The minimum Gasteiger partial charge on any atom is -0.384 e. The quantitative estimate of drug-likeness (QED) is 0.208. The van der Waals surface area contributed by atoms with Crippen molar-refractivity contribution in [2.45, 2.75) is 23.6 Å². The molecule has 0 saturated heterocycles. The number of nitrogens with two attached hydrogens (primary N) is 1. The number of hydrogen-bond acceptors (Lipinski definition) is 11. The number of carbonyl (C=O) groups excluding carboxylic acids is 2. The molecule has 13 heteroatoms. The summed E-state index contributed by atoms with van der Waals surface area (Å²) in [6.45, 7) is 0. The number of nitrogens with zero attached hydrogens (tertiary/aromatic N) is 5. The maximum Gasteiger partial charge on any atom is 0.271 e. The number of benzene rings is 2. The fourth-order valence-electron chi connectivity index (χ4n) is 4.68. The molecule has 3 N–H and O–H groups in total. The third-order valence-corrected chi connectivity index (χ3v) is 8.53. The molecule has 0 radical (unpaired) electrons. The number of Topliss-reactive ketones (excluding diaryl/α,β-unsaturated/α-hetero) is 1. The first-order valence-corrected chi connectivity index (χ1v) is 14.4. The van der Waals surface area contributed by atoms with Gasteiger partial charge in [0.15, 0.2) is 10.1 Å². The molecule has 0 spiro atoms. The number of allylic oxidation sites excluding steroid dienone is 4. The van der Waals surface area contributed by atoms with Gasteiger partial charge in [-0.05, 0) is 24.5 Å². The Morgan fingerprint density at radius 2 is 2.05 bits per heavy atom. The number of nitrogens with one attached hydrogen (secondary N) is 1. The van der Waals surface area contributed by atoms with E-state index in [1.54, 1.807) is 11.0 Å². The molecule has 2 heterocycles. The van der Waals surface area contributed by atoms with Crippen LogP contribution < -0.4 is 16.0 Å². The second-order valence-corrected chi connectivity index (χ2v) is 11.3. The van der Waals surface area contributed by atoms with Crippen LogP contribution in [0, 0.1) is 27.4 Å². The van der Waals surface area contributed by atoms with Crippen LogP contribution in [0.5, 0.6) is 0 Å². The molecular weight excluding hydrogens is 562 g/mol. The van der Waals surface area contributed by atoms with Crippen molar-refractivity contribution in [1.29, 1.82) is 5.26 Å². The van der Waals surface area contributed by atoms with Crippen molar-refractivity contribution in [3.8, 4) is 6.07 Å². The van der Waals surface area contributed by atoms with Crippen LogP contribution in [0.1, 0.15) is 24.8 Å². The number of hydrogen-bond donors (Lipinski definition) is 2. The highest BCUT2D eigenvalue weighted by Crippen LogP contribution is 2.44. The van der Waals surface area contributed by atoms with Gasteiger partial charge < -0.3 is 11.1 Å². The van der Waals surface area contributed by atoms with Crippen molar-refractivity contribution in [2.75, 3.05) is 16.0 Å². The molecule has 3 aromatic rings. The van der Waals surface area contributed by atoms with Gasteiger partial charge in [-0.25, -0.2) is 0 Å². The molecule has 0 bridgehead atoms. The van der Waals surface area contributed by atoms with Gasteiger partial charge in [0.2, 0.25) is 11.0 Å². The van der Waals surface area contributed by atoms with E-state index < -0.39 is 10.8 Å². The van der Waals surface area contributed by atoms with Gasteiger partial charge in [0.05, 0.1) is 22.3 Å². The maximum atomic E-state index is 13.2. The van der Waals surface area contributed by atoms with Gasteiger partial charge in [0.1, 0.15) is 5.82 Å². The summed E-state index contributed by atoms with van der Waals surface area (Å²) in [5, 5.41) is 32.5. The number of rotatable bonds is 8. The minimum absolute atomic E-state index is 0.00905. The van der Waals surface area contributed by atoms with E-state index in [4.69, 9.17) is 5.73 Å². The number of ketones is 1. The van der Waals surface area contributed by atoms with Crippen molar-refractivity contribution in [2.24, 2.45) is 11.7 Å². The first-order chi connectivity index (χ1) is 19.9. The van der Waals surface area contributed by atoms with E-state index >= 15 is 0 Å². The Balaban J connectivity index is 1.36. The van der Waals surface area contributed by atoms with Crippen molar-refractivity contribution < 1.29 is 14.5 Å². The summed E-state index contributed by atoms with van der Waals surface area (Å²) in [6, 6.07) is 17.5. The summed E-state index contributed by atoms with van der Waals surface area (Å²) in [5.74, 6) is -0.785. The molecule has 2 aliphatic rings. The van der Waals surface area contributed by atoms with Crippen LogP contribution in [0.4, 0.5) is 16.5 Å². The van der Waals surface area contributed by atoms with Crippen molar-refractivity contribution in [1.82, 2.24) is 10.2 Å². The predicted octanol–water partition coefficient (Wildman–Crippen LogP) is 5.03. The van der Waals surface area contributed by atoms with Crippen LogP contribution in [-0.2, 0) is 9.59 Å². The summed E-state index contributed by atoms with van der Waals surface area (Å²) in [5.41, 5.74) is 9.18. The molecule has 41 heavy (non-hydrogen) atoms. The summed E-state index contributed by atoms with van der Waals surface area (Å²) in [4.78, 5) is 37.7. The largest absolute Gasteiger partial charge is 0.384 e. The number of nitro benzene ring substituents is 1. The molecule has 206 valence electrons. The maximum absolute atomic E-state index is 13.2. The average molecular weight is 586 g/mol. The van der Waals surface area contributed by atoms with Crippen molar-refractivity contribution in [3.05, 3.63) is 99.0 Å². The third kappa shape index (κ3) is 6.03. The van der Waals surface area contributed by atoms with Crippen LogP contribution in [0.25, 0.3) is 6.08 Å². The lowest BCUT2D eigenvalue weighted by Gasteiger charge is -2.37. The Morgan fingerprint density at radius 3 is 2.80 bits per heavy atom. The lowest BCUT2D eigenvalue weighted by Crippen LogP contribution is -2.39. The second-order valence-electron chi connectivity index (χ2n) is 9.13. The first-order valence-electron chi connectivity index (χ1n) is 12.6. The molecule has 1 aliphatic heterocycles. The van der Waals surface area contributed by atoms with E-state index in [2.05, 4.69) is 21.6 Å². The first kappa shape index (κ1) is 27.8. The number of nitriles is 1. The number of non-ortho nitro benzene ring substituents is 1. The highest BCUT2D eigenvalue weighted by molar-refractivity contribution is 8.01. The summed E-state index contributed by atoms with van der Waals surface area (Å²) < 4.78 is 0.482. The molecule has 1 amide bonds. The van der Waals surface area contributed by atoms with Crippen LogP contribution in [0.3, 0.4) is 0 Å². The Bertz CT molecular complexity index is 1660. The molecule has 11 nitrogen and oxygen atoms in total. The highest BCUT2D eigenvalue weighted by atomic mass is 32.2. The Kier molecular flexibility index (Phi) is 8.23. The molecule has 2 aromatic carbocycles. The van der Waals surface area contributed by atoms with Crippen molar-refractivity contribution in [3.63, 3.8) is 0 Å². The number of carbonyl (C=O) groups is 2. The lowest BCUT2D eigenvalue weighted by molar-refractivity contribution is -0.384. The highest BCUT2D eigenvalue weighted by Gasteiger charge is 2.39. The van der Waals surface area contributed by atoms with Crippen LogP contribution in [0.15, 0.2) is 87.7 Å². The average Bonchev–Trinajstić information content (AvgIpc) is 3.44. The topological polar surface area (TPSA) is 168 Å². The SMILES string of the molecule is N#CC1=C(N)N(c2nnc(SCC(=O)Nc3cccc([N+](=O)[O-])c3)s2)C2=C(C(=O)CCC2)C1/C=C/c1ccccc1. The number of aromatic nitrogens is 2. The zero-order chi connectivity index (χ0) is 28.9. The molecule has 0 saturated carbocycles. The van der Waals surface area contributed by atoms with Crippen molar-refractivity contribution >= 4 is 57.4 Å². The minimum atomic E-state index is -0.571. The Hall–Kier alpha value is -4.80. The van der Waals surface area contributed by atoms with E-state index in [1.807, 2.05) is 42.5 Å². The van der Waals surface area contributed by atoms with Gasteiger partial charge >= 0.3 is 0 Å². The van der Waals surface area contributed by atoms with Gasteiger partial charge in [-0.2, -0.15) is 5.26 Å². The van der Waals surface area contributed by atoms with Gasteiger partial charge in [-0.3, -0.25) is 24.6 Å². The molecule has 1 aliphatic carbocycles. The normalized spacial score (nSPS) is 17.0. The molecule has 1 aromatic heterocycles. The number of thioether (sulfide) groups is 1. The van der Waals surface area contributed by atoms with Gasteiger partial charge in [-0.1, -0.05) is 71.6 Å². The van der Waals surface area contributed by atoms with Gasteiger partial charge in [0, 0.05) is 41.4 Å². The summed E-state index contributed by atoms with van der Waals surface area (Å²) in [6.07, 6.45) is 5.35. The zero-order valence-electron chi connectivity index (χ0n) is 21.5. The Morgan fingerprint density at radius 1 is 1.24 bits per heavy atom. The molecule has 5 rings (SSSR count). The number of amides is 1. The van der Waals surface area contributed by atoms with E-state index in [0.717, 1.165) is 17.3 Å². The fourth-order valence-corrected chi connectivity index (χ4v) is 6.36. The van der Waals surface area contributed by atoms with Gasteiger partial charge in [0.25, 0.3) is 5.69 Å². The third-order valence-electron chi connectivity index (χ3n) is 6.49. The van der Waals surface area contributed by atoms with E-state index in [9.17, 15) is 25.0 Å². The van der Waals surface area contributed by atoms with E-state index in [-0.39, 0.29) is 34.5 Å². The van der Waals surface area contributed by atoms with Crippen LogP contribution in [0.2, 0.25) is 0 Å². The lowest BCUT2D eigenvalue weighted by atomic mass is 9.79. The second kappa shape index (κ2) is 12.2.